The molecular formula is C20H16BrN3OS. The van der Waals surface area contributed by atoms with Gasteiger partial charge in [0, 0.05) is 40.1 Å². The van der Waals surface area contributed by atoms with E-state index in [0.717, 1.165) is 21.2 Å². The fourth-order valence-electron chi connectivity index (χ4n) is 2.82. The van der Waals surface area contributed by atoms with E-state index in [1.165, 1.54) is 16.7 Å². The second-order valence-corrected chi connectivity index (χ2v) is 7.68. The molecular weight excluding hydrogens is 410 g/mol. The van der Waals surface area contributed by atoms with Crippen LogP contribution >= 0.6 is 27.3 Å². The van der Waals surface area contributed by atoms with Gasteiger partial charge in [-0.25, -0.2) is 4.98 Å². The summed E-state index contributed by atoms with van der Waals surface area (Å²) in [6.07, 6.45) is 2.43. The number of anilines is 1. The van der Waals surface area contributed by atoms with E-state index in [2.05, 4.69) is 49.0 Å². The molecule has 4 rings (SSSR count). The summed E-state index contributed by atoms with van der Waals surface area (Å²) in [5.74, 6) is -0.0283. The maximum absolute atomic E-state index is 12.3. The number of hydrogen-bond donors (Lipinski definition) is 1. The lowest BCUT2D eigenvalue weighted by Gasteiger charge is -2.05. The quantitative estimate of drug-likeness (QED) is 0.455. The number of para-hydroxylation sites is 1. The predicted molar refractivity (Wildman–Crippen MR) is 110 cm³/mol. The SMILES string of the molecule is O=C(CCn1ccc2ccccc21)Nc1nc(-c2ccc(Br)cc2)cs1. The lowest BCUT2D eigenvalue weighted by molar-refractivity contribution is -0.116. The van der Waals surface area contributed by atoms with E-state index in [9.17, 15) is 4.79 Å². The molecule has 130 valence electrons. The number of benzene rings is 2. The van der Waals surface area contributed by atoms with Crippen LogP contribution in [0.15, 0.2) is 70.6 Å². The highest BCUT2D eigenvalue weighted by Gasteiger charge is 2.09. The monoisotopic (exact) mass is 425 g/mol. The summed E-state index contributed by atoms with van der Waals surface area (Å²) >= 11 is 4.87. The van der Waals surface area contributed by atoms with Crippen LogP contribution in [0.5, 0.6) is 0 Å². The van der Waals surface area contributed by atoms with E-state index < -0.39 is 0 Å². The van der Waals surface area contributed by atoms with Gasteiger partial charge in [-0.1, -0.05) is 46.3 Å². The highest BCUT2D eigenvalue weighted by atomic mass is 79.9. The summed E-state index contributed by atoms with van der Waals surface area (Å²) in [6, 6.07) is 18.2. The Balaban J connectivity index is 1.38. The number of aryl methyl sites for hydroxylation is 1. The molecule has 0 saturated heterocycles. The van der Waals surface area contributed by atoms with Crippen LogP contribution in [0.3, 0.4) is 0 Å². The van der Waals surface area contributed by atoms with Gasteiger partial charge in [0.05, 0.1) is 5.69 Å². The molecule has 2 heterocycles. The minimum absolute atomic E-state index is 0.0283. The van der Waals surface area contributed by atoms with Crippen molar-refractivity contribution < 1.29 is 4.79 Å². The molecule has 0 radical (unpaired) electrons. The zero-order valence-electron chi connectivity index (χ0n) is 13.9. The number of rotatable bonds is 5. The first kappa shape index (κ1) is 17.0. The molecule has 4 aromatic rings. The van der Waals surface area contributed by atoms with Crippen molar-refractivity contribution in [3.63, 3.8) is 0 Å². The van der Waals surface area contributed by atoms with Crippen molar-refractivity contribution in [3.8, 4) is 11.3 Å². The highest BCUT2D eigenvalue weighted by molar-refractivity contribution is 9.10. The van der Waals surface area contributed by atoms with Gasteiger partial charge in [0.1, 0.15) is 0 Å². The van der Waals surface area contributed by atoms with Crippen molar-refractivity contribution in [2.24, 2.45) is 0 Å². The maximum atomic E-state index is 12.3. The number of halogens is 1. The van der Waals surface area contributed by atoms with E-state index in [4.69, 9.17) is 0 Å². The number of carbonyl (C=O) groups excluding carboxylic acids is 1. The third-order valence-electron chi connectivity index (χ3n) is 4.15. The first-order valence-corrected chi connectivity index (χ1v) is 9.91. The second kappa shape index (κ2) is 7.43. The van der Waals surface area contributed by atoms with Gasteiger partial charge < -0.3 is 9.88 Å². The van der Waals surface area contributed by atoms with Gasteiger partial charge in [0.15, 0.2) is 5.13 Å². The van der Waals surface area contributed by atoms with Crippen LogP contribution in [-0.4, -0.2) is 15.5 Å². The Morgan fingerprint density at radius 2 is 1.92 bits per heavy atom. The van der Waals surface area contributed by atoms with E-state index in [0.29, 0.717) is 18.1 Å². The molecule has 0 bridgehead atoms. The maximum Gasteiger partial charge on any atom is 0.227 e. The molecule has 1 N–H and O–H groups in total. The molecule has 2 aromatic heterocycles. The van der Waals surface area contributed by atoms with Gasteiger partial charge in [0.25, 0.3) is 0 Å². The molecule has 0 unspecified atom stereocenters. The molecule has 0 aliphatic heterocycles. The van der Waals surface area contributed by atoms with Crippen LogP contribution < -0.4 is 5.32 Å². The van der Waals surface area contributed by atoms with E-state index in [1.807, 2.05) is 48.0 Å². The fourth-order valence-corrected chi connectivity index (χ4v) is 3.82. The summed E-state index contributed by atoms with van der Waals surface area (Å²) in [4.78, 5) is 16.8. The zero-order valence-corrected chi connectivity index (χ0v) is 16.3. The molecule has 0 aliphatic carbocycles. The Morgan fingerprint density at radius 3 is 2.77 bits per heavy atom. The molecule has 26 heavy (non-hydrogen) atoms. The van der Waals surface area contributed by atoms with Crippen molar-refractivity contribution in [2.45, 2.75) is 13.0 Å². The number of amides is 1. The van der Waals surface area contributed by atoms with E-state index >= 15 is 0 Å². The number of aromatic nitrogens is 2. The summed E-state index contributed by atoms with van der Waals surface area (Å²) in [5.41, 5.74) is 3.05. The number of carbonyl (C=O) groups is 1. The summed E-state index contributed by atoms with van der Waals surface area (Å²) in [7, 11) is 0. The van der Waals surface area contributed by atoms with Crippen molar-refractivity contribution in [1.29, 1.82) is 0 Å². The molecule has 0 fully saturated rings. The van der Waals surface area contributed by atoms with Gasteiger partial charge in [-0.15, -0.1) is 11.3 Å². The van der Waals surface area contributed by atoms with Crippen LogP contribution in [-0.2, 0) is 11.3 Å². The zero-order chi connectivity index (χ0) is 17.9. The Kier molecular flexibility index (Phi) is 4.86. The number of fused-ring (bicyclic) bond motifs is 1. The number of nitrogens with zero attached hydrogens (tertiary/aromatic N) is 2. The van der Waals surface area contributed by atoms with Gasteiger partial charge in [-0.2, -0.15) is 0 Å². The molecule has 0 saturated carbocycles. The lowest BCUT2D eigenvalue weighted by atomic mass is 10.2. The minimum Gasteiger partial charge on any atom is -0.347 e. The summed E-state index contributed by atoms with van der Waals surface area (Å²) < 4.78 is 3.13. The molecule has 0 atom stereocenters. The van der Waals surface area contributed by atoms with Crippen LogP contribution in [0.4, 0.5) is 5.13 Å². The standard InChI is InChI=1S/C20H16BrN3OS/c21-16-7-5-14(6-8-16)17-13-26-20(22-17)23-19(25)10-12-24-11-9-15-3-1-2-4-18(15)24/h1-9,11,13H,10,12H2,(H,22,23,25). The molecule has 4 nitrogen and oxygen atoms in total. The van der Waals surface area contributed by atoms with Crippen LogP contribution in [0, 0.1) is 0 Å². The summed E-state index contributed by atoms with van der Waals surface area (Å²) in [5, 5.41) is 6.67. The highest BCUT2D eigenvalue weighted by Crippen LogP contribution is 2.26. The minimum atomic E-state index is -0.0283. The topological polar surface area (TPSA) is 46.9 Å². The lowest BCUT2D eigenvalue weighted by Crippen LogP contribution is -2.14. The average molecular weight is 426 g/mol. The Labute approximate surface area is 163 Å². The third kappa shape index (κ3) is 3.71. The van der Waals surface area contributed by atoms with E-state index in [1.54, 1.807) is 0 Å². The van der Waals surface area contributed by atoms with Gasteiger partial charge in [-0.05, 0) is 29.7 Å². The third-order valence-corrected chi connectivity index (χ3v) is 5.44. The largest absolute Gasteiger partial charge is 0.347 e. The first-order chi connectivity index (χ1) is 12.7. The molecule has 6 heteroatoms. The Morgan fingerprint density at radius 1 is 1.12 bits per heavy atom. The molecule has 1 amide bonds. The molecule has 0 aliphatic rings. The van der Waals surface area contributed by atoms with Gasteiger partial charge in [-0.3, -0.25) is 4.79 Å². The van der Waals surface area contributed by atoms with Gasteiger partial charge in [0.2, 0.25) is 5.91 Å². The fraction of sp³-hybridized carbons (Fsp3) is 0.100. The Bertz CT molecular complexity index is 1050. The van der Waals surface area contributed by atoms with E-state index in [-0.39, 0.29) is 5.91 Å². The number of nitrogens with one attached hydrogen (secondary N) is 1. The smallest absolute Gasteiger partial charge is 0.227 e. The first-order valence-electron chi connectivity index (χ1n) is 8.24. The van der Waals surface area contributed by atoms with Crippen molar-refractivity contribution in [2.75, 3.05) is 5.32 Å². The predicted octanol–water partition coefficient (Wildman–Crippen LogP) is 5.56. The second-order valence-electron chi connectivity index (χ2n) is 5.91. The van der Waals surface area contributed by atoms with Crippen LogP contribution in [0.2, 0.25) is 0 Å². The van der Waals surface area contributed by atoms with Gasteiger partial charge >= 0.3 is 0 Å². The molecule has 0 spiro atoms. The molecule has 2 aromatic carbocycles. The number of thiazole rings is 1. The normalized spacial score (nSPS) is 11.0. The van der Waals surface area contributed by atoms with Crippen molar-refractivity contribution in [3.05, 3.63) is 70.6 Å². The van der Waals surface area contributed by atoms with Crippen LogP contribution in [0.25, 0.3) is 22.2 Å². The number of hydrogen-bond acceptors (Lipinski definition) is 3. The average Bonchev–Trinajstić information content (AvgIpc) is 3.28. The van der Waals surface area contributed by atoms with Crippen molar-refractivity contribution >= 4 is 49.2 Å². The van der Waals surface area contributed by atoms with Crippen LogP contribution in [0.1, 0.15) is 6.42 Å². The van der Waals surface area contributed by atoms with Crippen molar-refractivity contribution in [1.82, 2.24) is 9.55 Å². The summed E-state index contributed by atoms with van der Waals surface area (Å²) in [6.45, 7) is 0.643. The Hall–Kier alpha value is -2.44.